The molecule has 0 spiro atoms. The normalized spacial score (nSPS) is 11.2. The Balaban J connectivity index is 1.42. The molecule has 0 aliphatic carbocycles. The van der Waals surface area contributed by atoms with Crippen LogP contribution in [0.25, 0.3) is 17.1 Å². The van der Waals surface area contributed by atoms with Crippen molar-refractivity contribution in [1.29, 1.82) is 0 Å². The molecule has 0 aliphatic heterocycles. The van der Waals surface area contributed by atoms with Gasteiger partial charge in [0.25, 0.3) is 5.91 Å². The Morgan fingerprint density at radius 1 is 1.15 bits per heavy atom. The van der Waals surface area contributed by atoms with Gasteiger partial charge in [0.2, 0.25) is 0 Å². The number of allylic oxidation sites excluding steroid dienone is 1. The number of rotatable bonds is 10. The van der Waals surface area contributed by atoms with E-state index in [9.17, 15) is 4.79 Å². The first-order valence-electron chi connectivity index (χ1n) is 10.9. The van der Waals surface area contributed by atoms with Crippen molar-refractivity contribution in [3.63, 3.8) is 0 Å². The van der Waals surface area contributed by atoms with E-state index in [1.54, 1.807) is 7.11 Å². The quantitative estimate of drug-likeness (QED) is 0.315. The van der Waals surface area contributed by atoms with Crippen LogP contribution in [0.5, 0.6) is 11.5 Å². The number of amides is 1. The first kappa shape index (κ1) is 22.6. The van der Waals surface area contributed by atoms with Crippen LogP contribution in [-0.2, 0) is 13.1 Å². The summed E-state index contributed by atoms with van der Waals surface area (Å²) in [5.41, 5.74) is 3.03. The van der Waals surface area contributed by atoms with Crippen LogP contribution in [0.4, 0.5) is 0 Å². The van der Waals surface area contributed by atoms with E-state index in [1.807, 2.05) is 73.0 Å². The molecule has 33 heavy (non-hydrogen) atoms. The molecule has 0 atom stereocenters. The lowest BCUT2D eigenvalue weighted by atomic mass is 10.2. The standard InChI is InChI=1S/C26H27N3O3S/c1-3-8-19-12-13-22(23(17-19)31-2)32-15-7-14-29-21-10-5-4-9-20(21)28-25(29)18-27-26(30)24-11-6-16-33-24/h3-6,8-13,16-17H,7,14-15,18H2,1-2H3,(H,27,30)/b8-3+. The van der Waals surface area contributed by atoms with Crippen LogP contribution in [0.15, 0.2) is 66.1 Å². The number of carbonyl (C=O) groups excluding carboxylic acids is 1. The van der Waals surface area contributed by atoms with Crippen molar-refractivity contribution in [2.45, 2.75) is 26.4 Å². The molecular weight excluding hydrogens is 434 g/mol. The fraction of sp³-hybridized carbons (Fsp3) is 0.231. The van der Waals surface area contributed by atoms with E-state index in [-0.39, 0.29) is 5.91 Å². The van der Waals surface area contributed by atoms with Gasteiger partial charge in [0.05, 0.1) is 36.2 Å². The number of hydrogen-bond acceptors (Lipinski definition) is 5. The molecule has 0 saturated carbocycles. The summed E-state index contributed by atoms with van der Waals surface area (Å²) in [6, 6.07) is 17.6. The van der Waals surface area contributed by atoms with Crippen LogP contribution in [0, 0.1) is 0 Å². The van der Waals surface area contributed by atoms with Crippen molar-refractivity contribution >= 4 is 34.4 Å². The predicted octanol–water partition coefficient (Wildman–Crippen LogP) is 5.54. The number of hydrogen-bond donors (Lipinski definition) is 1. The average Bonchev–Trinajstić information content (AvgIpc) is 3.49. The molecule has 7 heteroatoms. The number of imidazole rings is 1. The summed E-state index contributed by atoms with van der Waals surface area (Å²) >= 11 is 1.43. The SMILES string of the molecule is C/C=C/c1ccc(OCCCn2c(CNC(=O)c3cccs3)nc3ccccc32)c(OC)c1. The number of nitrogens with zero attached hydrogens (tertiary/aromatic N) is 2. The fourth-order valence-corrected chi connectivity index (χ4v) is 4.31. The van der Waals surface area contributed by atoms with Crippen LogP contribution >= 0.6 is 11.3 Å². The second-order valence-electron chi connectivity index (χ2n) is 7.44. The Bertz CT molecular complexity index is 1250. The summed E-state index contributed by atoms with van der Waals surface area (Å²) in [7, 11) is 1.65. The maximum Gasteiger partial charge on any atom is 0.261 e. The van der Waals surface area contributed by atoms with Gasteiger partial charge in [-0.25, -0.2) is 4.98 Å². The Morgan fingerprint density at radius 2 is 2.03 bits per heavy atom. The Morgan fingerprint density at radius 3 is 2.82 bits per heavy atom. The Hall–Kier alpha value is -3.58. The third kappa shape index (κ3) is 5.43. The number of methoxy groups -OCH3 is 1. The molecule has 1 N–H and O–H groups in total. The van der Waals surface area contributed by atoms with E-state index < -0.39 is 0 Å². The number of nitrogens with one attached hydrogen (secondary N) is 1. The number of fused-ring (bicyclic) bond motifs is 1. The summed E-state index contributed by atoms with van der Waals surface area (Å²) in [6.07, 6.45) is 4.80. The molecule has 6 nitrogen and oxygen atoms in total. The van der Waals surface area contributed by atoms with Gasteiger partial charge in [-0.2, -0.15) is 0 Å². The predicted molar refractivity (Wildman–Crippen MR) is 133 cm³/mol. The number of para-hydroxylation sites is 2. The zero-order valence-corrected chi connectivity index (χ0v) is 19.6. The van der Waals surface area contributed by atoms with Gasteiger partial charge in [0, 0.05) is 6.54 Å². The van der Waals surface area contributed by atoms with Crippen molar-refractivity contribution in [2.75, 3.05) is 13.7 Å². The molecule has 2 heterocycles. The topological polar surface area (TPSA) is 65.4 Å². The smallest absolute Gasteiger partial charge is 0.261 e. The van der Waals surface area contributed by atoms with Crippen molar-refractivity contribution in [2.24, 2.45) is 0 Å². The van der Waals surface area contributed by atoms with Gasteiger partial charge in [-0.3, -0.25) is 4.79 Å². The highest BCUT2D eigenvalue weighted by atomic mass is 32.1. The molecule has 0 bridgehead atoms. The van der Waals surface area contributed by atoms with E-state index in [2.05, 4.69) is 16.0 Å². The maximum atomic E-state index is 12.4. The van der Waals surface area contributed by atoms with Gasteiger partial charge in [0.1, 0.15) is 5.82 Å². The third-order valence-corrected chi connectivity index (χ3v) is 6.08. The van der Waals surface area contributed by atoms with Crippen molar-refractivity contribution in [3.05, 3.63) is 82.3 Å². The Kier molecular flexibility index (Phi) is 7.42. The Labute approximate surface area is 197 Å². The fourth-order valence-electron chi connectivity index (χ4n) is 3.67. The van der Waals surface area contributed by atoms with Crippen LogP contribution in [0.2, 0.25) is 0 Å². The van der Waals surface area contributed by atoms with Crippen LogP contribution in [-0.4, -0.2) is 29.2 Å². The lowest BCUT2D eigenvalue weighted by molar-refractivity contribution is 0.0953. The highest BCUT2D eigenvalue weighted by molar-refractivity contribution is 7.12. The largest absolute Gasteiger partial charge is 0.493 e. The van der Waals surface area contributed by atoms with E-state index in [0.717, 1.165) is 46.9 Å². The van der Waals surface area contributed by atoms with E-state index >= 15 is 0 Å². The first-order valence-corrected chi connectivity index (χ1v) is 11.8. The van der Waals surface area contributed by atoms with Crippen LogP contribution < -0.4 is 14.8 Å². The zero-order valence-electron chi connectivity index (χ0n) is 18.8. The highest BCUT2D eigenvalue weighted by Gasteiger charge is 2.13. The molecule has 170 valence electrons. The summed E-state index contributed by atoms with van der Waals surface area (Å²) in [5.74, 6) is 2.19. The van der Waals surface area contributed by atoms with Crippen molar-refractivity contribution in [1.82, 2.24) is 14.9 Å². The minimum absolute atomic E-state index is 0.0830. The molecule has 4 rings (SSSR count). The van der Waals surface area contributed by atoms with Crippen LogP contribution in [0.1, 0.15) is 34.4 Å². The van der Waals surface area contributed by atoms with Gasteiger partial charge in [-0.1, -0.05) is 36.4 Å². The minimum atomic E-state index is -0.0830. The molecule has 2 aromatic heterocycles. The maximum absolute atomic E-state index is 12.4. The lowest BCUT2D eigenvalue weighted by Crippen LogP contribution is -2.24. The number of aromatic nitrogens is 2. The zero-order chi connectivity index (χ0) is 23.0. The molecule has 0 unspecified atom stereocenters. The van der Waals surface area contributed by atoms with Gasteiger partial charge in [0.15, 0.2) is 11.5 Å². The molecule has 0 saturated heterocycles. The average molecular weight is 462 g/mol. The number of carbonyl (C=O) groups is 1. The molecular formula is C26H27N3O3S. The van der Waals surface area contributed by atoms with Gasteiger partial charge in [-0.15, -0.1) is 11.3 Å². The highest BCUT2D eigenvalue weighted by Crippen LogP contribution is 2.29. The molecule has 0 fully saturated rings. The number of ether oxygens (including phenoxy) is 2. The van der Waals surface area contributed by atoms with E-state index in [4.69, 9.17) is 14.5 Å². The minimum Gasteiger partial charge on any atom is -0.493 e. The summed E-state index contributed by atoms with van der Waals surface area (Å²) in [6.45, 7) is 3.61. The summed E-state index contributed by atoms with van der Waals surface area (Å²) < 4.78 is 13.6. The van der Waals surface area contributed by atoms with Gasteiger partial charge < -0.3 is 19.4 Å². The van der Waals surface area contributed by atoms with E-state index in [0.29, 0.717) is 18.0 Å². The molecule has 2 aromatic carbocycles. The van der Waals surface area contributed by atoms with Gasteiger partial charge >= 0.3 is 0 Å². The second-order valence-corrected chi connectivity index (χ2v) is 8.39. The third-order valence-electron chi connectivity index (χ3n) is 5.22. The van der Waals surface area contributed by atoms with Crippen molar-refractivity contribution < 1.29 is 14.3 Å². The monoisotopic (exact) mass is 461 g/mol. The lowest BCUT2D eigenvalue weighted by Gasteiger charge is -2.13. The molecule has 4 aromatic rings. The second kappa shape index (κ2) is 10.8. The molecule has 0 aliphatic rings. The van der Waals surface area contributed by atoms with Gasteiger partial charge in [-0.05, 0) is 54.6 Å². The van der Waals surface area contributed by atoms with Crippen LogP contribution in [0.3, 0.4) is 0 Å². The number of benzene rings is 2. The van der Waals surface area contributed by atoms with E-state index in [1.165, 1.54) is 11.3 Å². The summed E-state index contributed by atoms with van der Waals surface area (Å²) in [4.78, 5) is 17.8. The number of aryl methyl sites for hydroxylation is 1. The first-order chi connectivity index (χ1) is 16.2. The summed E-state index contributed by atoms with van der Waals surface area (Å²) in [5, 5.41) is 4.88. The number of thiophene rings is 1. The molecule has 1 amide bonds. The molecule has 0 radical (unpaired) electrons. The van der Waals surface area contributed by atoms with Crippen molar-refractivity contribution in [3.8, 4) is 11.5 Å².